The first kappa shape index (κ1) is 18.1. The van der Waals surface area contributed by atoms with Gasteiger partial charge in [0.2, 0.25) is 5.16 Å². The molecule has 0 atom stereocenters. The van der Waals surface area contributed by atoms with Gasteiger partial charge in [0.05, 0.1) is 23.9 Å². The number of carbonyl (C=O) groups is 1. The van der Waals surface area contributed by atoms with Gasteiger partial charge in [-0.05, 0) is 22.1 Å². The van der Waals surface area contributed by atoms with Gasteiger partial charge in [-0.25, -0.2) is 9.48 Å². The van der Waals surface area contributed by atoms with Gasteiger partial charge in [-0.1, -0.05) is 60.3 Å². The Balaban J connectivity index is 1.93. The predicted molar refractivity (Wildman–Crippen MR) is 107 cm³/mol. The van der Waals surface area contributed by atoms with Crippen LogP contribution in [0.2, 0.25) is 0 Å². The van der Waals surface area contributed by atoms with Crippen molar-refractivity contribution in [2.24, 2.45) is 7.05 Å². The number of ether oxygens (including phenoxy) is 1. The van der Waals surface area contributed by atoms with Gasteiger partial charge in [-0.3, -0.25) is 4.98 Å². The Morgan fingerprint density at radius 2 is 1.86 bits per heavy atom. The van der Waals surface area contributed by atoms with Gasteiger partial charge in [0, 0.05) is 23.8 Å². The van der Waals surface area contributed by atoms with Crippen LogP contribution in [-0.4, -0.2) is 38.3 Å². The number of fused-ring (bicyclic) bond motifs is 1. The molecule has 7 nitrogen and oxygen atoms in total. The molecule has 0 bridgehead atoms. The molecule has 28 heavy (non-hydrogen) atoms. The molecule has 0 radical (unpaired) electrons. The highest BCUT2D eigenvalue weighted by atomic mass is 32.2. The summed E-state index contributed by atoms with van der Waals surface area (Å²) in [4.78, 5) is 17.5. The Bertz CT molecular complexity index is 1140. The fourth-order valence-electron chi connectivity index (χ4n) is 3.07. The first-order valence-corrected chi connectivity index (χ1v) is 9.58. The topological polar surface area (TPSA) is 82.8 Å². The lowest BCUT2D eigenvalue weighted by Crippen LogP contribution is -2.10. The number of nitrogens with zero attached hydrogens (tertiary/aromatic N) is 5. The lowest BCUT2D eigenvalue weighted by molar-refractivity contribution is 0.0600. The van der Waals surface area contributed by atoms with Crippen molar-refractivity contribution in [2.45, 2.75) is 10.9 Å². The molecule has 0 unspecified atom stereocenters. The van der Waals surface area contributed by atoms with Crippen molar-refractivity contribution in [2.75, 3.05) is 7.11 Å². The van der Waals surface area contributed by atoms with Crippen molar-refractivity contribution in [3.8, 4) is 11.1 Å². The van der Waals surface area contributed by atoms with Crippen molar-refractivity contribution >= 4 is 28.6 Å². The number of benzene rings is 2. The number of aryl methyl sites for hydroxylation is 1. The van der Waals surface area contributed by atoms with E-state index in [2.05, 4.69) is 15.5 Å². The van der Waals surface area contributed by atoms with Crippen LogP contribution in [0.15, 0.2) is 59.8 Å². The number of hydrogen-bond donors (Lipinski definition) is 0. The highest BCUT2D eigenvalue weighted by Gasteiger charge is 2.23. The summed E-state index contributed by atoms with van der Waals surface area (Å²) in [7, 11) is 3.16. The molecule has 0 amide bonds. The van der Waals surface area contributed by atoms with E-state index in [1.165, 1.54) is 18.9 Å². The SMILES string of the molecule is COC(=O)c1c(CSc2nnnn2C)nc2ccccc2c1-c1ccccc1. The molecule has 2 aromatic heterocycles. The fraction of sp³-hybridized carbons (Fsp3) is 0.150. The maximum Gasteiger partial charge on any atom is 0.340 e. The molecule has 0 aliphatic carbocycles. The third kappa shape index (κ3) is 3.34. The Hall–Kier alpha value is -3.26. The largest absolute Gasteiger partial charge is 0.465 e. The zero-order chi connectivity index (χ0) is 19.5. The number of para-hydroxylation sites is 1. The number of hydrogen-bond acceptors (Lipinski definition) is 7. The smallest absolute Gasteiger partial charge is 0.340 e. The highest BCUT2D eigenvalue weighted by molar-refractivity contribution is 7.98. The minimum Gasteiger partial charge on any atom is -0.465 e. The summed E-state index contributed by atoms with van der Waals surface area (Å²) in [6.45, 7) is 0. The van der Waals surface area contributed by atoms with Crippen molar-refractivity contribution in [3.63, 3.8) is 0 Å². The molecule has 0 aliphatic heterocycles. The molecule has 8 heteroatoms. The van der Waals surface area contributed by atoms with Gasteiger partial charge < -0.3 is 4.74 Å². The number of methoxy groups -OCH3 is 1. The molecule has 140 valence electrons. The van der Waals surface area contributed by atoms with Gasteiger partial charge >= 0.3 is 5.97 Å². The molecule has 0 saturated carbocycles. The van der Waals surface area contributed by atoms with Crippen LogP contribution in [0.5, 0.6) is 0 Å². The monoisotopic (exact) mass is 391 g/mol. The fourth-order valence-corrected chi connectivity index (χ4v) is 3.86. The van der Waals surface area contributed by atoms with Gasteiger partial charge in [0.1, 0.15) is 0 Å². The normalized spacial score (nSPS) is 10.9. The maximum atomic E-state index is 12.8. The van der Waals surface area contributed by atoms with Gasteiger partial charge in [0.15, 0.2) is 0 Å². The predicted octanol–water partition coefficient (Wildman–Crippen LogP) is 3.50. The van der Waals surface area contributed by atoms with Crippen LogP contribution < -0.4 is 0 Å². The van der Waals surface area contributed by atoms with E-state index >= 15 is 0 Å². The third-order valence-electron chi connectivity index (χ3n) is 4.34. The maximum absolute atomic E-state index is 12.8. The van der Waals surface area contributed by atoms with Crippen LogP contribution in [0.3, 0.4) is 0 Å². The molecule has 2 heterocycles. The van der Waals surface area contributed by atoms with E-state index in [9.17, 15) is 4.79 Å². The van der Waals surface area contributed by atoms with Crippen LogP contribution in [0.4, 0.5) is 0 Å². The van der Waals surface area contributed by atoms with E-state index in [0.717, 1.165) is 22.0 Å². The molecule has 0 aliphatic rings. The van der Waals surface area contributed by atoms with Gasteiger partial charge in [-0.2, -0.15) is 0 Å². The number of pyridine rings is 1. The van der Waals surface area contributed by atoms with Crippen molar-refractivity contribution in [3.05, 3.63) is 65.9 Å². The lowest BCUT2D eigenvalue weighted by atomic mass is 9.94. The van der Waals surface area contributed by atoms with Crippen LogP contribution in [0, 0.1) is 0 Å². The molecule has 2 aromatic carbocycles. The van der Waals surface area contributed by atoms with E-state index in [1.807, 2.05) is 54.6 Å². The van der Waals surface area contributed by atoms with Crippen molar-refractivity contribution < 1.29 is 9.53 Å². The lowest BCUT2D eigenvalue weighted by Gasteiger charge is -2.16. The Morgan fingerprint density at radius 3 is 2.57 bits per heavy atom. The van der Waals surface area contributed by atoms with E-state index < -0.39 is 5.97 Å². The van der Waals surface area contributed by atoms with E-state index in [4.69, 9.17) is 9.72 Å². The summed E-state index contributed by atoms with van der Waals surface area (Å²) in [6.07, 6.45) is 0. The average Bonchev–Trinajstić information content (AvgIpc) is 3.15. The zero-order valence-corrected chi connectivity index (χ0v) is 16.2. The minimum atomic E-state index is -0.413. The van der Waals surface area contributed by atoms with Crippen molar-refractivity contribution in [1.29, 1.82) is 0 Å². The van der Waals surface area contributed by atoms with Crippen LogP contribution in [0.1, 0.15) is 16.1 Å². The second-order valence-electron chi connectivity index (χ2n) is 6.06. The van der Waals surface area contributed by atoms with E-state index in [0.29, 0.717) is 22.2 Å². The minimum absolute atomic E-state index is 0.413. The number of esters is 1. The summed E-state index contributed by atoms with van der Waals surface area (Å²) in [5.74, 6) is 0.0207. The summed E-state index contributed by atoms with van der Waals surface area (Å²) in [5.41, 5.74) is 3.69. The summed E-state index contributed by atoms with van der Waals surface area (Å²) < 4.78 is 6.70. The molecule has 0 spiro atoms. The first-order chi connectivity index (χ1) is 13.7. The van der Waals surface area contributed by atoms with Crippen LogP contribution in [0.25, 0.3) is 22.0 Å². The van der Waals surface area contributed by atoms with Gasteiger partial charge in [-0.15, -0.1) is 5.10 Å². The van der Waals surface area contributed by atoms with Crippen LogP contribution >= 0.6 is 11.8 Å². The highest BCUT2D eigenvalue weighted by Crippen LogP contribution is 2.35. The zero-order valence-electron chi connectivity index (χ0n) is 15.4. The van der Waals surface area contributed by atoms with Crippen molar-refractivity contribution in [1.82, 2.24) is 25.2 Å². The third-order valence-corrected chi connectivity index (χ3v) is 5.36. The second-order valence-corrected chi connectivity index (χ2v) is 7.00. The number of rotatable bonds is 5. The summed E-state index contributed by atoms with van der Waals surface area (Å²) in [5, 5.41) is 13.0. The molecular weight excluding hydrogens is 374 g/mol. The molecule has 0 saturated heterocycles. The van der Waals surface area contributed by atoms with Gasteiger partial charge in [0.25, 0.3) is 0 Å². The number of aromatic nitrogens is 5. The Labute approximate surface area is 165 Å². The Kier molecular flexibility index (Phi) is 5.03. The molecule has 4 aromatic rings. The molecule has 0 fully saturated rings. The standard InChI is InChI=1S/C20H17N5O2S/c1-25-20(22-23-24-25)28-12-16-18(19(26)27-2)17(13-8-4-3-5-9-13)14-10-6-7-11-15(14)21-16/h3-11H,12H2,1-2H3. The van der Waals surface area contributed by atoms with E-state index in [-0.39, 0.29) is 0 Å². The first-order valence-electron chi connectivity index (χ1n) is 8.59. The number of carbonyl (C=O) groups excluding carboxylic acids is 1. The van der Waals surface area contributed by atoms with E-state index in [1.54, 1.807) is 11.7 Å². The molecular formula is C20H17N5O2S. The Morgan fingerprint density at radius 1 is 1.11 bits per heavy atom. The molecule has 0 N–H and O–H groups in total. The molecule has 4 rings (SSSR count). The second kappa shape index (κ2) is 7.77. The summed E-state index contributed by atoms with van der Waals surface area (Å²) >= 11 is 1.42. The van der Waals surface area contributed by atoms with Crippen LogP contribution in [-0.2, 0) is 17.5 Å². The quantitative estimate of drug-likeness (QED) is 0.380. The number of tetrazole rings is 1. The number of thioether (sulfide) groups is 1. The summed E-state index contributed by atoms with van der Waals surface area (Å²) in [6, 6.07) is 17.6. The average molecular weight is 391 g/mol.